The molecule has 0 aliphatic carbocycles. The van der Waals surface area contributed by atoms with E-state index in [1.807, 2.05) is 6.07 Å². The predicted molar refractivity (Wildman–Crippen MR) is 81.8 cm³/mol. The molecule has 2 aromatic rings. The summed E-state index contributed by atoms with van der Waals surface area (Å²) in [5, 5.41) is 1.40. The maximum atomic E-state index is 6.15. The summed E-state index contributed by atoms with van der Waals surface area (Å²) in [5.74, 6) is 0.476. The second-order valence-electron chi connectivity index (χ2n) is 3.31. The van der Waals surface area contributed by atoms with E-state index in [2.05, 4.69) is 27.6 Å². The fraction of sp³-hybridized carbons (Fsp3) is 0. The van der Waals surface area contributed by atoms with E-state index in [0.717, 1.165) is 9.13 Å². The zero-order valence-corrected chi connectivity index (χ0v) is 12.8. The van der Waals surface area contributed by atoms with E-state index in [1.54, 1.807) is 18.3 Å². The highest BCUT2D eigenvalue weighted by Crippen LogP contribution is 2.39. The quantitative estimate of drug-likeness (QED) is 0.547. The minimum absolute atomic E-state index is 0.418. The SMILES string of the molecule is Nc1ncc(-c2c(Cl)ccc(Cl)c2Cl)cc1I. The van der Waals surface area contributed by atoms with Crippen LogP contribution in [0.2, 0.25) is 15.1 Å². The molecule has 2 rings (SSSR count). The van der Waals surface area contributed by atoms with Gasteiger partial charge >= 0.3 is 0 Å². The molecule has 0 radical (unpaired) electrons. The number of anilines is 1. The van der Waals surface area contributed by atoms with Gasteiger partial charge in [0.15, 0.2) is 0 Å². The van der Waals surface area contributed by atoms with Gasteiger partial charge in [0.25, 0.3) is 0 Å². The van der Waals surface area contributed by atoms with Crippen LogP contribution in [0.3, 0.4) is 0 Å². The van der Waals surface area contributed by atoms with Crippen LogP contribution in [0.1, 0.15) is 0 Å². The van der Waals surface area contributed by atoms with Gasteiger partial charge in [-0.3, -0.25) is 0 Å². The summed E-state index contributed by atoms with van der Waals surface area (Å²) in [6.07, 6.45) is 1.63. The van der Waals surface area contributed by atoms with E-state index in [1.165, 1.54) is 0 Å². The molecule has 0 bridgehead atoms. The number of halogens is 4. The van der Waals surface area contributed by atoms with Gasteiger partial charge in [0.05, 0.1) is 18.6 Å². The lowest BCUT2D eigenvalue weighted by molar-refractivity contribution is 1.32. The highest BCUT2D eigenvalue weighted by atomic mass is 127. The molecule has 0 spiro atoms. The molecular formula is C11H6Cl3IN2. The largest absolute Gasteiger partial charge is 0.383 e. The van der Waals surface area contributed by atoms with Crippen molar-refractivity contribution in [3.05, 3.63) is 43.0 Å². The van der Waals surface area contributed by atoms with Gasteiger partial charge in [-0.05, 0) is 40.8 Å². The summed E-state index contributed by atoms with van der Waals surface area (Å²) in [6.45, 7) is 0. The van der Waals surface area contributed by atoms with E-state index < -0.39 is 0 Å². The monoisotopic (exact) mass is 398 g/mol. The number of nitrogen functional groups attached to an aromatic ring is 1. The molecule has 17 heavy (non-hydrogen) atoms. The molecule has 88 valence electrons. The zero-order chi connectivity index (χ0) is 12.6. The van der Waals surface area contributed by atoms with Crippen molar-refractivity contribution in [3.63, 3.8) is 0 Å². The van der Waals surface area contributed by atoms with Gasteiger partial charge in [0.1, 0.15) is 5.82 Å². The fourth-order valence-electron chi connectivity index (χ4n) is 1.38. The number of hydrogen-bond donors (Lipinski definition) is 1. The van der Waals surface area contributed by atoms with Gasteiger partial charge < -0.3 is 5.73 Å². The molecule has 2 N–H and O–H groups in total. The summed E-state index contributed by atoms with van der Waals surface area (Å²) in [5.41, 5.74) is 7.13. The Balaban J connectivity index is 2.68. The van der Waals surface area contributed by atoms with Crippen molar-refractivity contribution < 1.29 is 0 Å². The summed E-state index contributed by atoms with van der Waals surface area (Å²) >= 11 is 20.3. The van der Waals surface area contributed by atoms with Gasteiger partial charge in [0.2, 0.25) is 0 Å². The molecule has 0 aliphatic rings. The molecule has 0 saturated heterocycles. The number of aromatic nitrogens is 1. The Morgan fingerprint density at radius 3 is 2.41 bits per heavy atom. The first-order valence-corrected chi connectivity index (χ1v) is 6.77. The lowest BCUT2D eigenvalue weighted by atomic mass is 10.1. The molecule has 2 nitrogen and oxygen atoms in total. The Bertz CT molecular complexity index is 587. The highest BCUT2D eigenvalue weighted by molar-refractivity contribution is 14.1. The van der Waals surface area contributed by atoms with Crippen LogP contribution in [0.4, 0.5) is 5.82 Å². The molecule has 6 heteroatoms. The number of rotatable bonds is 1. The molecule has 0 atom stereocenters. The average Bonchev–Trinajstić information content (AvgIpc) is 2.29. The Morgan fingerprint density at radius 1 is 1.12 bits per heavy atom. The van der Waals surface area contributed by atoms with Gasteiger partial charge in [-0.2, -0.15) is 0 Å². The molecular weight excluding hydrogens is 393 g/mol. The Morgan fingerprint density at radius 2 is 1.76 bits per heavy atom. The van der Waals surface area contributed by atoms with E-state index >= 15 is 0 Å². The Hall–Kier alpha value is -0.230. The molecule has 0 amide bonds. The van der Waals surface area contributed by atoms with Crippen LogP contribution in [0.5, 0.6) is 0 Å². The summed E-state index contributed by atoms with van der Waals surface area (Å²) < 4.78 is 0.840. The molecule has 0 saturated carbocycles. The first-order chi connectivity index (χ1) is 8.00. The molecule has 1 aromatic heterocycles. The maximum absolute atomic E-state index is 6.15. The topological polar surface area (TPSA) is 38.9 Å². The predicted octanol–water partition coefficient (Wildman–Crippen LogP) is 4.90. The maximum Gasteiger partial charge on any atom is 0.136 e. The van der Waals surface area contributed by atoms with Gasteiger partial charge in [0, 0.05) is 17.3 Å². The van der Waals surface area contributed by atoms with Crippen LogP contribution >= 0.6 is 57.4 Å². The number of nitrogens with two attached hydrogens (primary N) is 1. The number of benzene rings is 1. The summed E-state index contributed by atoms with van der Waals surface area (Å²) in [7, 11) is 0. The zero-order valence-electron chi connectivity index (χ0n) is 8.35. The van der Waals surface area contributed by atoms with E-state index in [9.17, 15) is 0 Å². The van der Waals surface area contributed by atoms with Crippen LogP contribution in [-0.4, -0.2) is 4.98 Å². The van der Waals surface area contributed by atoms with Crippen LogP contribution in [0.15, 0.2) is 24.4 Å². The lowest BCUT2D eigenvalue weighted by Gasteiger charge is -2.09. The molecule has 0 fully saturated rings. The van der Waals surface area contributed by atoms with Crippen LogP contribution in [0, 0.1) is 3.57 Å². The molecule has 0 aliphatic heterocycles. The normalized spacial score (nSPS) is 10.6. The third-order valence-corrected chi connectivity index (χ3v) is 4.19. The van der Waals surface area contributed by atoms with E-state index in [-0.39, 0.29) is 0 Å². The van der Waals surface area contributed by atoms with Crippen molar-refractivity contribution in [2.24, 2.45) is 0 Å². The van der Waals surface area contributed by atoms with Crippen molar-refractivity contribution >= 4 is 63.2 Å². The minimum atomic E-state index is 0.418. The van der Waals surface area contributed by atoms with Crippen molar-refractivity contribution in [1.82, 2.24) is 4.98 Å². The molecule has 1 heterocycles. The smallest absolute Gasteiger partial charge is 0.136 e. The first-order valence-electron chi connectivity index (χ1n) is 4.55. The van der Waals surface area contributed by atoms with Crippen molar-refractivity contribution in [2.75, 3.05) is 5.73 Å². The van der Waals surface area contributed by atoms with E-state index in [0.29, 0.717) is 26.4 Å². The number of nitrogens with zero attached hydrogens (tertiary/aromatic N) is 1. The van der Waals surface area contributed by atoms with Gasteiger partial charge in [-0.25, -0.2) is 4.98 Å². The van der Waals surface area contributed by atoms with Crippen molar-refractivity contribution in [1.29, 1.82) is 0 Å². The third kappa shape index (κ3) is 2.62. The van der Waals surface area contributed by atoms with Crippen LogP contribution in [0.25, 0.3) is 11.1 Å². The molecule has 0 unspecified atom stereocenters. The van der Waals surface area contributed by atoms with Gasteiger partial charge in [-0.1, -0.05) is 34.8 Å². The lowest BCUT2D eigenvalue weighted by Crippen LogP contribution is -1.94. The third-order valence-electron chi connectivity index (χ3n) is 2.20. The van der Waals surface area contributed by atoms with Gasteiger partial charge in [-0.15, -0.1) is 0 Å². The number of pyridine rings is 1. The fourth-order valence-corrected chi connectivity index (χ4v) is 2.60. The average molecular weight is 399 g/mol. The first kappa shape index (κ1) is 13.2. The van der Waals surface area contributed by atoms with Crippen molar-refractivity contribution in [2.45, 2.75) is 0 Å². The second-order valence-corrected chi connectivity index (χ2v) is 5.66. The number of hydrogen-bond acceptors (Lipinski definition) is 2. The van der Waals surface area contributed by atoms with Crippen LogP contribution < -0.4 is 5.73 Å². The van der Waals surface area contributed by atoms with E-state index in [4.69, 9.17) is 40.5 Å². The standard InChI is InChI=1S/C11H6Cl3IN2/c12-6-1-2-7(13)10(14)9(6)5-3-8(15)11(16)17-4-5/h1-4H,(H2,16,17). The second kappa shape index (κ2) is 5.18. The Labute approximate surface area is 127 Å². The minimum Gasteiger partial charge on any atom is -0.383 e. The van der Waals surface area contributed by atoms with Crippen LogP contribution in [-0.2, 0) is 0 Å². The summed E-state index contributed by atoms with van der Waals surface area (Å²) in [6, 6.07) is 5.23. The molecule has 1 aromatic carbocycles. The highest BCUT2D eigenvalue weighted by Gasteiger charge is 2.13. The van der Waals surface area contributed by atoms with Crippen molar-refractivity contribution in [3.8, 4) is 11.1 Å². The summed E-state index contributed by atoms with van der Waals surface area (Å²) in [4.78, 5) is 4.08. The Kier molecular flexibility index (Phi) is 4.02.